The molecule has 2 aliphatic rings. The van der Waals surface area contributed by atoms with Gasteiger partial charge in [-0.3, -0.25) is 9.59 Å². The monoisotopic (exact) mass is 719 g/mol. The minimum atomic E-state index is -0.593. The van der Waals surface area contributed by atoms with Crippen molar-refractivity contribution < 1.29 is 9.59 Å². The molecule has 4 atom stereocenters. The fraction of sp³-hybridized carbons (Fsp3) is 0.475. The van der Waals surface area contributed by atoms with E-state index in [1.54, 1.807) is 11.8 Å². The Morgan fingerprint density at radius 2 is 1.78 bits per heavy atom. The molecule has 4 heterocycles. The Hall–Kier alpha value is -3.80. The molecule has 4 aromatic rings. The summed E-state index contributed by atoms with van der Waals surface area (Å²) in [7, 11) is 2.85. The Labute approximate surface area is 309 Å². The zero-order chi connectivity index (χ0) is 36.5. The predicted octanol–water partition coefficient (Wildman–Crippen LogP) is 7.93. The van der Waals surface area contributed by atoms with Crippen LogP contribution >= 0.6 is 20.0 Å². The van der Waals surface area contributed by atoms with Crippen LogP contribution < -0.4 is 0 Å². The third-order valence-corrected chi connectivity index (χ3v) is 13.9. The van der Waals surface area contributed by atoms with Gasteiger partial charge in [0.05, 0.1) is 34.0 Å². The van der Waals surface area contributed by atoms with Crippen LogP contribution in [-0.4, -0.2) is 79.5 Å². The Bertz CT molecular complexity index is 1980. The van der Waals surface area contributed by atoms with Crippen LogP contribution in [0.1, 0.15) is 89.1 Å². The number of H-pyrrole nitrogens is 2. The highest BCUT2D eigenvalue weighted by Crippen LogP contribution is 2.47. The number of nitrogens with zero attached hydrogens (tertiary/aromatic N) is 4. The largest absolute Gasteiger partial charge is 0.340 e. The quantitative estimate of drug-likeness (QED) is 0.0986. The molecule has 4 unspecified atom stereocenters. The van der Waals surface area contributed by atoms with E-state index in [9.17, 15) is 9.59 Å². The normalized spacial score (nSPS) is 20.9. The Kier molecular flexibility index (Phi) is 10.9. The molecular weight excluding hydrogens is 670 g/mol. The molecule has 2 aliphatic heterocycles. The zero-order valence-electron chi connectivity index (χ0n) is 30.9. The van der Waals surface area contributed by atoms with Gasteiger partial charge in [0.1, 0.15) is 23.8 Å². The lowest BCUT2D eigenvalue weighted by molar-refractivity contribution is -0.138. The van der Waals surface area contributed by atoms with Gasteiger partial charge in [0.15, 0.2) is 0 Å². The number of hydrogen-bond donors (Lipinski definition) is 2. The second-order valence-corrected chi connectivity index (χ2v) is 16.7. The fourth-order valence-corrected chi connectivity index (χ4v) is 9.39. The third-order valence-electron chi connectivity index (χ3n) is 11.1. The molecule has 0 aliphatic carbocycles. The average molecular weight is 720 g/mol. The van der Waals surface area contributed by atoms with Crippen LogP contribution in [0.25, 0.3) is 22.3 Å². The first kappa shape index (κ1) is 37.0. The number of imidazole rings is 2. The highest BCUT2D eigenvalue weighted by molar-refractivity contribution is 7.99. The summed E-state index contributed by atoms with van der Waals surface area (Å²) in [4.78, 5) is 47.7. The van der Waals surface area contributed by atoms with Gasteiger partial charge < -0.3 is 19.8 Å². The number of benzene rings is 2. The smallest absolute Gasteiger partial charge is 0.229 e. The molecule has 51 heavy (non-hydrogen) atoms. The molecule has 265 valence electrons. The van der Waals surface area contributed by atoms with Crippen molar-refractivity contribution in [1.82, 2.24) is 29.7 Å². The summed E-state index contributed by atoms with van der Waals surface area (Å²) in [5.41, 5.74) is 5.52. The summed E-state index contributed by atoms with van der Waals surface area (Å²) >= 11 is 1.69. The number of thioether (sulfide) groups is 1. The average Bonchev–Trinajstić information content (AvgIpc) is 3.96. The van der Waals surface area contributed by atoms with Gasteiger partial charge in [-0.15, -0.1) is 20.0 Å². The zero-order valence-corrected chi connectivity index (χ0v) is 32.6. The number of amides is 2. The van der Waals surface area contributed by atoms with Crippen molar-refractivity contribution in [2.75, 3.05) is 19.3 Å². The van der Waals surface area contributed by atoms with E-state index >= 15 is 0 Å². The van der Waals surface area contributed by atoms with Gasteiger partial charge in [-0.25, -0.2) is 9.97 Å². The van der Waals surface area contributed by atoms with Gasteiger partial charge in [-0.1, -0.05) is 71.7 Å². The summed E-state index contributed by atoms with van der Waals surface area (Å²) in [6.07, 6.45) is 11.7. The molecule has 2 fully saturated rings. The second kappa shape index (κ2) is 15.1. The molecule has 11 heteroatoms. The molecule has 2 N–H and O–H groups in total. The van der Waals surface area contributed by atoms with Crippen molar-refractivity contribution in [3.63, 3.8) is 0 Å². The van der Waals surface area contributed by atoms with E-state index in [1.165, 1.54) is 0 Å². The van der Waals surface area contributed by atoms with Crippen LogP contribution in [0.3, 0.4) is 0 Å². The van der Waals surface area contributed by atoms with Gasteiger partial charge in [0.2, 0.25) is 11.8 Å². The Balaban J connectivity index is 1.17. The van der Waals surface area contributed by atoms with Gasteiger partial charge in [-0.2, -0.15) is 0 Å². The van der Waals surface area contributed by atoms with E-state index < -0.39 is 9.93 Å². The highest BCUT2D eigenvalue weighted by atomic mass is 32.2. The van der Waals surface area contributed by atoms with Crippen LogP contribution in [0, 0.1) is 29.6 Å². The molecule has 2 aromatic carbocycles. The highest BCUT2D eigenvalue weighted by Gasteiger charge is 2.48. The molecule has 0 bridgehead atoms. The molecule has 1 radical (unpaired) electrons. The second-order valence-electron chi connectivity index (χ2n) is 14.5. The molecule has 2 saturated heterocycles. The van der Waals surface area contributed by atoms with Gasteiger partial charge >= 0.3 is 0 Å². The maximum atomic E-state index is 13.8. The minimum absolute atomic E-state index is 0.0413. The van der Waals surface area contributed by atoms with Crippen molar-refractivity contribution >= 4 is 56.4 Å². The summed E-state index contributed by atoms with van der Waals surface area (Å²) in [5, 5.41) is -0.593. The van der Waals surface area contributed by atoms with Crippen molar-refractivity contribution in [3.05, 3.63) is 71.4 Å². The lowest BCUT2D eigenvalue weighted by Crippen LogP contribution is -2.51. The summed E-state index contributed by atoms with van der Waals surface area (Å²) in [6, 6.07) is 14.1. The number of aromatic amines is 2. The number of aromatic nitrogens is 4. The number of rotatable bonds is 10. The van der Waals surface area contributed by atoms with Crippen LogP contribution in [0.4, 0.5) is 0 Å². The first-order chi connectivity index (χ1) is 24.5. The number of fused-ring (bicyclic) bond motifs is 1. The van der Waals surface area contributed by atoms with E-state index in [0.717, 1.165) is 92.0 Å². The van der Waals surface area contributed by atoms with Gasteiger partial charge in [0.25, 0.3) is 0 Å². The number of hydrogen-bond acceptors (Lipinski definition) is 5. The number of carbonyl (C=O) groups excluding carboxylic acids is 2. The van der Waals surface area contributed by atoms with Crippen LogP contribution in [-0.2, 0) is 14.5 Å². The van der Waals surface area contributed by atoms with Gasteiger partial charge in [0, 0.05) is 30.1 Å². The minimum Gasteiger partial charge on any atom is -0.340 e. The first-order valence-corrected chi connectivity index (χ1v) is 20.4. The Morgan fingerprint density at radius 3 is 2.45 bits per heavy atom. The molecule has 6 rings (SSSR count). The summed E-state index contributed by atoms with van der Waals surface area (Å²) < 4.78 is 0. The SMILES string of the molecule is C=PC([B]C)(C(=O)N1CCCC1c1ncc(-c2ccc(C#Cc3ccc4nc(C5(SC)CCCN5C(=O)C(C)C(C)C)[nH]c4c3)cc2)[nH]1)C(C)C. The van der Waals surface area contributed by atoms with Crippen molar-refractivity contribution in [1.29, 1.82) is 0 Å². The van der Waals surface area contributed by atoms with Gasteiger partial charge in [-0.05, 0) is 79.7 Å². The lowest BCUT2D eigenvalue weighted by Gasteiger charge is -2.37. The number of carbonyl (C=O) groups is 2. The van der Waals surface area contributed by atoms with Crippen LogP contribution in [0.5, 0.6) is 0 Å². The lowest BCUT2D eigenvalue weighted by atomic mass is 9.60. The number of likely N-dealkylation sites (tertiary alicyclic amines) is 2. The van der Waals surface area contributed by atoms with Crippen molar-refractivity contribution in [2.24, 2.45) is 17.8 Å². The number of nitrogens with one attached hydrogen (secondary N) is 2. The van der Waals surface area contributed by atoms with E-state index in [4.69, 9.17) is 9.97 Å². The molecule has 2 aromatic heterocycles. The Morgan fingerprint density at radius 1 is 1.06 bits per heavy atom. The summed E-state index contributed by atoms with van der Waals surface area (Å²) in [5.74, 6) is 9.03. The first-order valence-electron chi connectivity index (χ1n) is 18.1. The molecule has 2 amide bonds. The molecule has 0 spiro atoms. The van der Waals surface area contributed by atoms with E-state index in [2.05, 4.69) is 74.2 Å². The van der Waals surface area contributed by atoms with Crippen LogP contribution in [0.15, 0.2) is 48.7 Å². The standard InChI is InChI=1S/C40H49BN6O2PS/c1-25(2)27(5)36(48)47-22-10-20-39(47,51-8)37-44-31-19-16-29(23-32(31)45-37)13-12-28-14-17-30(18-15-28)33-24-42-35(43-33)34-11-9-21-46(34)38(49)40(41-6,50-7)26(3)4/h14-19,23-27,34H,7,9-11,20-22H2,1-6,8H3,(H,42,43)(H,44,45). The fourth-order valence-electron chi connectivity index (χ4n) is 7.54. The maximum Gasteiger partial charge on any atom is 0.229 e. The van der Waals surface area contributed by atoms with Crippen molar-refractivity contribution in [3.8, 4) is 23.1 Å². The van der Waals surface area contributed by atoms with E-state index in [1.807, 2.05) is 67.4 Å². The van der Waals surface area contributed by atoms with Crippen molar-refractivity contribution in [2.45, 2.75) is 83.1 Å². The van der Waals surface area contributed by atoms with Crippen LogP contribution in [0.2, 0.25) is 6.82 Å². The molecule has 8 nitrogen and oxygen atoms in total. The maximum absolute atomic E-state index is 13.8. The van der Waals surface area contributed by atoms with E-state index in [-0.39, 0.29) is 35.6 Å². The summed E-state index contributed by atoms with van der Waals surface area (Å²) in [6.45, 7) is 13.9. The van der Waals surface area contributed by atoms with E-state index in [0.29, 0.717) is 0 Å². The molecule has 0 saturated carbocycles. The third kappa shape index (κ3) is 6.80. The molecular formula is C40H49BN6O2PS. The topological polar surface area (TPSA) is 98.0 Å². The predicted molar refractivity (Wildman–Crippen MR) is 213 cm³/mol.